The highest BCUT2D eigenvalue weighted by atomic mass is 19.1. The van der Waals surface area contributed by atoms with E-state index in [0.29, 0.717) is 30.1 Å². The van der Waals surface area contributed by atoms with E-state index in [0.717, 1.165) is 18.2 Å². The number of benzene rings is 1. The SMILES string of the molecule is Cn1nnc2c(N3CC(C(=O)Nc4cc(F)ccc4F)C3)ncnc21. The topological polar surface area (TPSA) is 88.8 Å². The Hall–Kier alpha value is -3.17. The molecule has 25 heavy (non-hydrogen) atoms. The van der Waals surface area contributed by atoms with Gasteiger partial charge in [-0.1, -0.05) is 5.21 Å². The first-order chi connectivity index (χ1) is 12.0. The molecular weight excluding hydrogens is 332 g/mol. The van der Waals surface area contributed by atoms with Crippen molar-refractivity contribution < 1.29 is 13.6 Å². The number of hydrogen-bond donors (Lipinski definition) is 1. The van der Waals surface area contributed by atoms with Gasteiger partial charge in [0.05, 0.1) is 11.6 Å². The van der Waals surface area contributed by atoms with E-state index in [1.54, 1.807) is 7.05 Å². The molecule has 8 nitrogen and oxygen atoms in total. The number of carbonyl (C=O) groups excluding carboxylic acids is 1. The van der Waals surface area contributed by atoms with Gasteiger partial charge in [-0.15, -0.1) is 5.10 Å². The van der Waals surface area contributed by atoms with Crippen LogP contribution in [0.25, 0.3) is 11.2 Å². The summed E-state index contributed by atoms with van der Waals surface area (Å²) in [6.45, 7) is 0.789. The van der Waals surface area contributed by atoms with Crippen LogP contribution in [0.15, 0.2) is 24.5 Å². The Balaban J connectivity index is 1.46. The fourth-order valence-electron chi connectivity index (χ4n) is 2.72. The highest BCUT2D eigenvalue weighted by Gasteiger charge is 2.35. The van der Waals surface area contributed by atoms with Crippen LogP contribution in [-0.4, -0.2) is 44.0 Å². The Kier molecular flexibility index (Phi) is 3.52. The van der Waals surface area contributed by atoms with Crippen LogP contribution in [0.5, 0.6) is 0 Å². The molecule has 1 saturated heterocycles. The summed E-state index contributed by atoms with van der Waals surface area (Å²) in [6, 6.07) is 2.93. The van der Waals surface area contributed by atoms with Crippen molar-refractivity contribution in [3.63, 3.8) is 0 Å². The van der Waals surface area contributed by atoms with Gasteiger partial charge in [-0.3, -0.25) is 4.79 Å². The first-order valence-electron chi connectivity index (χ1n) is 7.54. The average Bonchev–Trinajstić information content (AvgIpc) is 2.92. The highest BCUT2D eigenvalue weighted by Crippen LogP contribution is 2.28. The highest BCUT2D eigenvalue weighted by molar-refractivity contribution is 5.95. The summed E-state index contributed by atoms with van der Waals surface area (Å²) in [4.78, 5) is 22.4. The van der Waals surface area contributed by atoms with Crippen molar-refractivity contribution in [1.82, 2.24) is 25.0 Å². The maximum absolute atomic E-state index is 13.6. The molecule has 10 heteroatoms. The van der Waals surface area contributed by atoms with Gasteiger partial charge in [0.2, 0.25) is 5.91 Å². The number of aromatic nitrogens is 5. The fourth-order valence-corrected chi connectivity index (χ4v) is 2.72. The minimum absolute atomic E-state index is 0.165. The number of nitrogens with zero attached hydrogens (tertiary/aromatic N) is 6. The van der Waals surface area contributed by atoms with Crippen LogP contribution >= 0.6 is 0 Å². The van der Waals surface area contributed by atoms with Crippen molar-refractivity contribution in [2.75, 3.05) is 23.3 Å². The maximum Gasteiger partial charge on any atom is 0.231 e. The molecule has 1 amide bonds. The summed E-state index contributed by atoms with van der Waals surface area (Å²) in [5, 5.41) is 10.4. The molecule has 0 bridgehead atoms. The minimum atomic E-state index is -0.678. The summed E-state index contributed by atoms with van der Waals surface area (Å²) < 4.78 is 28.3. The van der Waals surface area contributed by atoms with Gasteiger partial charge in [0.15, 0.2) is 17.0 Å². The van der Waals surface area contributed by atoms with Crippen LogP contribution in [0.2, 0.25) is 0 Å². The van der Waals surface area contributed by atoms with Gasteiger partial charge in [0.25, 0.3) is 0 Å². The number of fused-ring (bicyclic) bond motifs is 1. The number of halogens is 2. The zero-order chi connectivity index (χ0) is 17.6. The molecule has 0 unspecified atom stereocenters. The molecule has 1 aliphatic rings. The number of amides is 1. The number of anilines is 2. The van der Waals surface area contributed by atoms with Crippen molar-refractivity contribution in [2.24, 2.45) is 13.0 Å². The molecule has 0 radical (unpaired) electrons. The number of rotatable bonds is 3. The third-order valence-electron chi connectivity index (χ3n) is 4.11. The van der Waals surface area contributed by atoms with E-state index in [4.69, 9.17) is 0 Å². The summed E-state index contributed by atoms with van der Waals surface area (Å²) in [7, 11) is 1.73. The quantitative estimate of drug-likeness (QED) is 0.765. The molecule has 0 atom stereocenters. The van der Waals surface area contributed by atoms with Crippen molar-refractivity contribution in [3.05, 3.63) is 36.2 Å². The molecule has 1 aromatic carbocycles. The van der Waals surface area contributed by atoms with Crippen LogP contribution < -0.4 is 10.2 Å². The molecule has 2 aromatic heterocycles. The van der Waals surface area contributed by atoms with Crippen LogP contribution in [-0.2, 0) is 11.8 Å². The number of nitrogens with one attached hydrogen (secondary N) is 1. The number of aryl methyl sites for hydroxylation is 1. The minimum Gasteiger partial charge on any atom is -0.353 e. The Labute approximate surface area is 140 Å². The molecule has 0 spiro atoms. The van der Waals surface area contributed by atoms with E-state index in [9.17, 15) is 13.6 Å². The summed E-state index contributed by atoms with van der Waals surface area (Å²) in [6.07, 6.45) is 1.41. The summed E-state index contributed by atoms with van der Waals surface area (Å²) in [5.41, 5.74) is 0.988. The molecule has 4 rings (SSSR count). The lowest BCUT2D eigenvalue weighted by Crippen LogP contribution is -2.52. The Morgan fingerprint density at radius 1 is 1.28 bits per heavy atom. The molecule has 128 valence electrons. The van der Waals surface area contributed by atoms with Crippen LogP contribution in [0.1, 0.15) is 0 Å². The van der Waals surface area contributed by atoms with E-state index in [-0.39, 0.29) is 17.5 Å². The average molecular weight is 345 g/mol. The molecular formula is C15H13F2N7O. The van der Waals surface area contributed by atoms with Crippen molar-refractivity contribution in [3.8, 4) is 0 Å². The fraction of sp³-hybridized carbons (Fsp3) is 0.267. The summed E-state index contributed by atoms with van der Waals surface area (Å²) >= 11 is 0. The van der Waals surface area contributed by atoms with E-state index < -0.39 is 11.6 Å². The Morgan fingerprint density at radius 3 is 2.88 bits per heavy atom. The number of hydrogen-bond acceptors (Lipinski definition) is 6. The first kappa shape index (κ1) is 15.4. The molecule has 1 N–H and O–H groups in total. The second-order valence-electron chi connectivity index (χ2n) is 5.80. The lowest BCUT2D eigenvalue weighted by molar-refractivity contribution is -0.120. The summed E-state index contributed by atoms with van der Waals surface area (Å²) in [5.74, 6) is -1.42. The van der Waals surface area contributed by atoms with E-state index in [1.807, 2.05) is 4.90 Å². The van der Waals surface area contributed by atoms with Gasteiger partial charge in [-0.25, -0.2) is 23.4 Å². The third-order valence-corrected chi connectivity index (χ3v) is 4.11. The van der Waals surface area contributed by atoms with Gasteiger partial charge < -0.3 is 10.2 Å². The van der Waals surface area contributed by atoms with E-state index >= 15 is 0 Å². The van der Waals surface area contributed by atoms with Crippen LogP contribution in [0, 0.1) is 17.6 Å². The molecule has 0 saturated carbocycles. The maximum atomic E-state index is 13.6. The van der Waals surface area contributed by atoms with Gasteiger partial charge in [0.1, 0.15) is 18.0 Å². The van der Waals surface area contributed by atoms with Crippen molar-refractivity contribution in [1.29, 1.82) is 0 Å². The molecule has 1 fully saturated rings. The lowest BCUT2D eigenvalue weighted by Gasteiger charge is -2.38. The first-order valence-corrected chi connectivity index (χ1v) is 7.54. The second-order valence-corrected chi connectivity index (χ2v) is 5.80. The third kappa shape index (κ3) is 2.65. The predicted octanol–water partition coefficient (Wildman–Crippen LogP) is 1.11. The standard InChI is InChI=1S/C15H13F2N7O/c1-23-13-12(21-22-23)14(19-7-18-13)24-5-8(6-24)15(25)20-11-4-9(16)2-3-10(11)17/h2-4,7-8H,5-6H2,1H3,(H,20,25). The van der Waals surface area contributed by atoms with Gasteiger partial charge >= 0.3 is 0 Å². The zero-order valence-electron chi connectivity index (χ0n) is 13.1. The lowest BCUT2D eigenvalue weighted by atomic mass is 9.99. The van der Waals surface area contributed by atoms with Gasteiger partial charge in [-0.2, -0.15) is 0 Å². The second kappa shape index (κ2) is 5.72. The normalized spacial score (nSPS) is 14.6. The van der Waals surface area contributed by atoms with Gasteiger partial charge in [0, 0.05) is 26.2 Å². The Morgan fingerprint density at radius 2 is 2.08 bits per heavy atom. The van der Waals surface area contributed by atoms with Crippen molar-refractivity contribution >= 4 is 28.6 Å². The molecule has 3 heterocycles. The number of carbonyl (C=O) groups is 1. The van der Waals surface area contributed by atoms with Crippen LogP contribution in [0.4, 0.5) is 20.3 Å². The zero-order valence-corrected chi connectivity index (χ0v) is 13.1. The molecule has 0 aliphatic carbocycles. The van der Waals surface area contributed by atoms with E-state index in [1.165, 1.54) is 11.0 Å². The molecule has 1 aliphatic heterocycles. The smallest absolute Gasteiger partial charge is 0.231 e. The predicted molar refractivity (Wildman–Crippen MR) is 84.8 cm³/mol. The van der Waals surface area contributed by atoms with Gasteiger partial charge in [-0.05, 0) is 12.1 Å². The van der Waals surface area contributed by atoms with E-state index in [2.05, 4.69) is 25.6 Å². The van der Waals surface area contributed by atoms with Crippen LogP contribution in [0.3, 0.4) is 0 Å². The Bertz CT molecular complexity index is 968. The largest absolute Gasteiger partial charge is 0.353 e. The van der Waals surface area contributed by atoms with Crippen molar-refractivity contribution in [2.45, 2.75) is 0 Å². The molecule has 3 aromatic rings. The monoisotopic (exact) mass is 345 g/mol.